The van der Waals surface area contributed by atoms with Gasteiger partial charge in [-0.05, 0) is 46.5 Å². The summed E-state index contributed by atoms with van der Waals surface area (Å²) in [6.45, 7) is 9.67. The second-order valence-corrected chi connectivity index (χ2v) is 6.80. The van der Waals surface area contributed by atoms with E-state index in [0.717, 1.165) is 31.6 Å². The van der Waals surface area contributed by atoms with Crippen LogP contribution >= 0.6 is 0 Å². The first-order valence-corrected chi connectivity index (χ1v) is 9.01. The van der Waals surface area contributed by atoms with Gasteiger partial charge in [-0.15, -0.1) is 0 Å². The normalized spacial score (nSPS) is 21.1. The van der Waals surface area contributed by atoms with Gasteiger partial charge in [-0.2, -0.15) is 0 Å². The van der Waals surface area contributed by atoms with Crippen molar-refractivity contribution in [3.05, 3.63) is 0 Å². The lowest BCUT2D eigenvalue weighted by Crippen LogP contribution is -2.44. The van der Waals surface area contributed by atoms with E-state index in [9.17, 15) is 0 Å². The van der Waals surface area contributed by atoms with E-state index >= 15 is 0 Å². The summed E-state index contributed by atoms with van der Waals surface area (Å²) in [6.07, 6.45) is 9.47. The molecule has 21 heavy (non-hydrogen) atoms. The molecule has 2 aliphatic carbocycles. The van der Waals surface area contributed by atoms with Gasteiger partial charge >= 0.3 is 0 Å². The molecular formula is C17H34N4. The van der Waals surface area contributed by atoms with Crippen molar-refractivity contribution in [2.24, 2.45) is 4.99 Å². The first-order chi connectivity index (χ1) is 10.2. The molecule has 2 fully saturated rings. The minimum Gasteiger partial charge on any atom is -0.357 e. The molecule has 0 aromatic rings. The van der Waals surface area contributed by atoms with Crippen molar-refractivity contribution in [1.82, 2.24) is 15.5 Å². The number of hydrogen-bond donors (Lipinski definition) is 2. The molecule has 0 heterocycles. The molecule has 0 amide bonds. The molecule has 0 bridgehead atoms. The molecule has 2 rings (SSSR count). The molecule has 2 saturated carbocycles. The van der Waals surface area contributed by atoms with Crippen molar-refractivity contribution in [3.63, 3.8) is 0 Å². The number of nitrogens with one attached hydrogen (secondary N) is 2. The molecule has 0 atom stereocenters. The van der Waals surface area contributed by atoms with Crippen molar-refractivity contribution >= 4 is 5.96 Å². The van der Waals surface area contributed by atoms with Crippen LogP contribution in [0, 0.1) is 0 Å². The van der Waals surface area contributed by atoms with Gasteiger partial charge in [0.25, 0.3) is 0 Å². The van der Waals surface area contributed by atoms with Crippen LogP contribution in [-0.4, -0.2) is 48.6 Å². The van der Waals surface area contributed by atoms with Gasteiger partial charge in [-0.25, -0.2) is 0 Å². The fourth-order valence-electron chi connectivity index (χ4n) is 3.31. The van der Waals surface area contributed by atoms with Gasteiger partial charge in [0.15, 0.2) is 5.96 Å². The van der Waals surface area contributed by atoms with E-state index in [1.807, 2.05) is 0 Å². The predicted molar refractivity (Wildman–Crippen MR) is 90.9 cm³/mol. The highest BCUT2D eigenvalue weighted by Gasteiger charge is 2.30. The molecular weight excluding hydrogens is 260 g/mol. The second kappa shape index (κ2) is 8.62. The first kappa shape index (κ1) is 16.6. The molecule has 0 radical (unpaired) electrons. The topological polar surface area (TPSA) is 39.7 Å². The van der Waals surface area contributed by atoms with Crippen LogP contribution in [-0.2, 0) is 0 Å². The Kier molecular flexibility index (Phi) is 6.81. The van der Waals surface area contributed by atoms with Crippen molar-refractivity contribution < 1.29 is 0 Å². The average molecular weight is 294 g/mol. The number of aliphatic imine (C=N–C) groups is 1. The van der Waals surface area contributed by atoms with E-state index in [1.54, 1.807) is 0 Å². The number of hydrogen-bond acceptors (Lipinski definition) is 2. The van der Waals surface area contributed by atoms with Crippen LogP contribution in [0.3, 0.4) is 0 Å². The maximum Gasteiger partial charge on any atom is 0.191 e. The summed E-state index contributed by atoms with van der Waals surface area (Å²) < 4.78 is 0. The third-order valence-electron chi connectivity index (χ3n) is 4.60. The molecule has 0 unspecified atom stereocenters. The highest BCUT2D eigenvalue weighted by molar-refractivity contribution is 5.80. The smallest absolute Gasteiger partial charge is 0.191 e. The monoisotopic (exact) mass is 294 g/mol. The summed E-state index contributed by atoms with van der Waals surface area (Å²) in [5, 5.41) is 7.02. The lowest BCUT2D eigenvalue weighted by molar-refractivity contribution is 0.218. The van der Waals surface area contributed by atoms with E-state index in [4.69, 9.17) is 4.99 Å². The maximum absolute atomic E-state index is 4.79. The largest absolute Gasteiger partial charge is 0.357 e. The van der Waals surface area contributed by atoms with Gasteiger partial charge < -0.3 is 10.6 Å². The fourth-order valence-corrected chi connectivity index (χ4v) is 3.31. The van der Waals surface area contributed by atoms with Crippen molar-refractivity contribution in [3.8, 4) is 0 Å². The molecule has 2 aliphatic rings. The molecule has 0 spiro atoms. The van der Waals surface area contributed by atoms with E-state index < -0.39 is 0 Å². The van der Waals surface area contributed by atoms with Crippen LogP contribution in [0.4, 0.5) is 0 Å². The Morgan fingerprint density at radius 2 is 1.86 bits per heavy atom. The van der Waals surface area contributed by atoms with Gasteiger partial charge in [-0.1, -0.05) is 19.3 Å². The van der Waals surface area contributed by atoms with Crippen LogP contribution < -0.4 is 10.6 Å². The molecule has 0 saturated heterocycles. The zero-order valence-corrected chi connectivity index (χ0v) is 14.2. The standard InChI is InChI=1S/C17H34N4/c1-4-18-17(20-15-8-6-5-7-9-15)19-12-13-21(14(2)3)16-10-11-16/h14-16H,4-13H2,1-3H3,(H2,18,19,20). The fraction of sp³-hybridized carbons (Fsp3) is 0.941. The molecule has 4 nitrogen and oxygen atoms in total. The van der Waals surface area contributed by atoms with E-state index in [0.29, 0.717) is 12.1 Å². The van der Waals surface area contributed by atoms with Gasteiger partial charge in [0.05, 0.1) is 6.54 Å². The average Bonchev–Trinajstić information content (AvgIpc) is 3.29. The van der Waals surface area contributed by atoms with Crippen molar-refractivity contribution in [2.75, 3.05) is 19.6 Å². The molecule has 2 N–H and O–H groups in total. The van der Waals surface area contributed by atoms with Crippen LogP contribution in [0.1, 0.15) is 65.7 Å². The Morgan fingerprint density at radius 1 is 1.14 bits per heavy atom. The SMILES string of the molecule is CCNC(=NCCN(C(C)C)C1CC1)NC1CCCCC1. The van der Waals surface area contributed by atoms with E-state index in [1.165, 1.54) is 44.9 Å². The van der Waals surface area contributed by atoms with Crippen molar-refractivity contribution in [2.45, 2.75) is 83.8 Å². The van der Waals surface area contributed by atoms with Crippen LogP contribution in [0.2, 0.25) is 0 Å². The Bertz CT molecular complexity index is 315. The summed E-state index contributed by atoms with van der Waals surface area (Å²) in [7, 11) is 0. The summed E-state index contributed by atoms with van der Waals surface area (Å²) >= 11 is 0. The zero-order chi connectivity index (χ0) is 15.1. The lowest BCUT2D eigenvalue weighted by Gasteiger charge is -2.27. The lowest BCUT2D eigenvalue weighted by atomic mass is 9.96. The summed E-state index contributed by atoms with van der Waals surface area (Å²) in [4.78, 5) is 7.40. The van der Waals surface area contributed by atoms with Gasteiger partial charge in [0.2, 0.25) is 0 Å². The van der Waals surface area contributed by atoms with Gasteiger partial charge in [0, 0.05) is 31.2 Å². The summed E-state index contributed by atoms with van der Waals surface area (Å²) in [5.74, 6) is 1.02. The molecule has 4 heteroatoms. The summed E-state index contributed by atoms with van der Waals surface area (Å²) in [6, 6.07) is 2.09. The second-order valence-electron chi connectivity index (χ2n) is 6.80. The third kappa shape index (κ3) is 5.85. The maximum atomic E-state index is 4.79. The Morgan fingerprint density at radius 3 is 2.43 bits per heavy atom. The molecule has 122 valence electrons. The highest BCUT2D eigenvalue weighted by Crippen LogP contribution is 2.28. The number of nitrogens with zero attached hydrogens (tertiary/aromatic N) is 2. The quantitative estimate of drug-likeness (QED) is 0.560. The first-order valence-electron chi connectivity index (χ1n) is 9.01. The van der Waals surface area contributed by atoms with Gasteiger partial charge in [-0.3, -0.25) is 9.89 Å². The summed E-state index contributed by atoms with van der Waals surface area (Å²) in [5.41, 5.74) is 0. The van der Waals surface area contributed by atoms with Crippen LogP contribution in [0.25, 0.3) is 0 Å². The van der Waals surface area contributed by atoms with Crippen LogP contribution in [0.15, 0.2) is 4.99 Å². The minimum atomic E-state index is 0.626. The van der Waals surface area contributed by atoms with Crippen molar-refractivity contribution in [1.29, 1.82) is 0 Å². The predicted octanol–water partition coefficient (Wildman–Crippen LogP) is 2.75. The molecule has 0 aromatic carbocycles. The molecule has 0 aromatic heterocycles. The zero-order valence-electron chi connectivity index (χ0n) is 14.2. The number of rotatable bonds is 7. The highest BCUT2D eigenvalue weighted by atomic mass is 15.2. The Balaban J connectivity index is 1.78. The number of guanidine groups is 1. The van der Waals surface area contributed by atoms with Crippen LogP contribution in [0.5, 0.6) is 0 Å². The van der Waals surface area contributed by atoms with Gasteiger partial charge in [0.1, 0.15) is 0 Å². The van der Waals surface area contributed by atoms with E-state index in [2.05, 4.69) is 36.3 Å². The minimum absolute atomic E-state index is 0.626. The Labute approximate surface area is 130 Å². The third-order valence-corrected chi connectivity index (χ3v) is 4.60. The molecule has 0 aliphatic heterocycles. The van der Waals surface area contributed by atoms with E-state index in [-0.39, 0.29) is 0 Å². The Hall–Kier alpha value is -0.770.